The summed E-state index contributed by atoms with van der Waals surface area (Å²) in [5.41, 5.74) is 13.6. The number of nitrogens with two attached hydrogens (primary N) is 2. The second kappa shape index (κ2) is 5.84. The molecule has 1 atom stereocenters. The topological polar surface area (TPSA) is 81.1 Å². The number of amides is 1. The van der Waals surface area contributed by atoms with E-state index < -0.39 is 5.91 Å². The van der Waals surface area contributed by atoms with Gasteiger partial charge in [0, 0.05) is 5.02 Å². The number of hydrogen-bond donors (Lipinski definition) is 3. The average molecular weight is 290 g/mol. The van der Waals surface area contributed by atoms with Gasteiger partial charge in [0.1, 0.15) is 0 Å². The molecule has 2 aromatic carbocycles. The van der Waals surface area contributed by atoms with E-state index in [9.17, 15) is 4.79 Å². The molecule has 0 fully saturated rings. The molecular formula is C15H16ClN3O. The molecule has 0 aliphatic rings. The zero-order chi connectivity index (χ0) is 14.7. The number of carbonyl (C=O) groups is 1. The highest BCUT2D eigenvalue weighted by Gasteiger charge is 2.15. The summed E-state index contributed by atoms with van der Waals surface area (Å²) >= 11 is 6.16. The first kappa shape index (κ1) is 14.2. The average Bonchev–Trinajstić information content (AvgIpc) is 2.41. The predicted molar refractivity (Wildman–Crippen MR) is 82.9 cm³/mol. The number of nitrogens with one attached hydrogen (secondary N) is 1. The Morgan fingerprint density at radius 2 is 1.90 bits per heavy atom. The maximum atomic E-state index is 11.5. The van der Waals surface area contributed by atoms with Crippen LogP contribution in [-0.2, 0) is 0 Å². The van der Waals surface area contributed by atoms with Gasteiger partial charge in [0.25, 0.3) is 5.91 Å². The molecule has 1 amide bonds. The van der Waals surface area contributed by atoms with Gasteiger partial charge < -0.3 is 16.8 Å². The Labute approximate surface area is 122 Å². The molecule has 0 radical (unpaired) electrons. The highest BCUT2D eigenvalue weighted by atomic mass is 35.5. The predicted octanol–water partition coefficient (Wildman–Crippen LogP) is 3.19. The van der Waals surface area contributed by atoms with Crippen molar-refractivity contribution >= 4 is 28.9 Å². The minimum absolute atomic E-state index is 0.105. The van der Waals surface area contributed by atoms with Crippen molar-refractivity contribution in [1.29, 1.82) is 0 Å². The number of rotatable bonds is 4. The lowest BCUT2D eigenvalue weighted by atomic mass is 10.1. The quantitative estimate of drug-likeness (QED) is 0.756. The van der Waals surface area contributed by atoms with E-state index in [0.29, 0.717) is 22.0 Å². The summed E-state index contributed by atoms with van der Waals surface area (Å²) in [5, 5.41) is 3.86. The third kappa shape index (κ3) is 2.86. The molecule has 5 heteroatoms. The van der Waals surface area contributed by atoms with Gasteiger partial charge in [0.2, 0.25) is 0 Å². The Morgan fingerprint density at radius 3 is 2.55 bits per heavy atom. The molecule has 2 aromatic rings. The first-order valence-corrected chi connectivity index (χ1v) is 6.57. The summed E-state index contributed by atoms with van der Waals surface area (Å²) in [6, 6.07) is 12.5. The monoisotopic (exact) mass is 289 g/mol. The van der Waals surface area contributed by atoms with E-state index >= 15 is 0 Å². The van der Waals surface area contributed by atoms with Crippen molar-refractivity contribution in [2.45, 2.75) is 13.0 Å². The van der Waals surface area contributed by atoms with Gasteiger partial charge in [-0.1, -0.05) is 35.9 Å². The second-order valence-corrected chi connectivity index (χ2v) is 4.93. The Bertz CT molecular complexity index is 643. The lowest BCUT2D eigenvalue weighted by Crippen LogP contribution is -2.17. The van der Waals surface area contributed by atoms with Gasteiger partial charge in [-0.15, -0.1) is 0 Å². The third-order valence-corrected chi connectivity index (χ3v) is 3.44. The molecule has 0 aromatic heterocycles. The largest absolute Gasteiger partial charge is 0.397 e. The first-order chi connectivity index (χ1) is 9.50. The molecule has 0 aliphatic heterocycles. The molecule has 0 heterocycles. The van der Waals surface area contributed by atoms with E-state index in [-0.39, 0.29) is 6.04 Å². The smallest absolute Gasteiger partial charge is 0.250 e. The SMILES string of the molecule is CC(Nc1c(N)cccc1C(N)=O)c1ccccc1Cl. The van der Waals surface area contributed by atoms with E-state index in [1.54, 1.807) is 18.2 Å². The summed E-state index contributed by atoms with van der Waals surface area (Å²) in [5.74, 6) is -0.522. The van der Waals surface area contributed by atoms with Crippen molar-refractivity contribution in [1.82, 2.24) is 0 Å². The molecule has 0 aliphatic carbocycles. The highest BCUT2D eigenvalue weighted by Crippen LogP contribution is 2.30. The van der Waals surface area contributed by atoms with Crippen LogP contribution in [-0.4, -0.2) is 5.91 Å². The summed E-state index contributed by atoms with van der Waals surface area (Å²) in [6.45, 7) is 1.94. The van der Waals surface area contributed by atoms with E-state index in [2.05, 4.69) is 5.32 Å². The Morgan fingerprint density at radius 1 is 1.20 bits per heavy atom. The number of carbonyl (C=O) groups excluding carboxylic acids is 1. The molecule has 1 unspecified atom stereocenters. The molecule has 5 N–H and O–H groups in total. The van der Waals surface area contributed by atoms with Gasteiger partial charge in [-0.2, -0.15) is 0 Å². The maximum absolute atomic E-state index is 11.5. The van der Waals surface area contributed by atoms with Crippen molar-refractivity contribution < 1.29 is 4.79 Å². The zero-order valence-corrected chi connectivity index (χ0v) is 11.8. The normalized spacial score (nSPS) is 11.9. The van der Waals surface area contributed by atoms with Gasteiger partial charge in [-0.25, -0.2) is 0 Å². The van der Waals surface area contributed by atoms with Gasteiger partial charge in [-0.05, 0) is 30.7 Å². The van der Waals surface area contributed by atoms with Crippen molar-refractivity contribution in [2.24, 2.45) is 5.73 Å². The summed E-state index contributed by atoms with van der Waals surface area (Å²) < 4.78 is 0. The Hall–Kier alpha value is -2.20. The lowest BCUT2D eigenvalue weighted by molar-refractivity contribution is 0.100. The van der Waals surface area contributed by atoms with Crippen molar-refractivity contribution in [3.63, 3.8) is 0 Å². The minimum atomic E-state index is -0.522. The molecule has 0 saturated heterocycles. The lowest BCUT2D eigenvalue weighted by Gasteiger charge is -2.20. The number of hydrogen-bond acceptors (Lipinski definition) is 3. The molecular weight excluding hydrogens is 274 g/mol. The van der Waals surface area contributed by atoms with Gasteiger partial charge in [0.15, 0.2) is 0 Å². The van der Waals surface area contributed by atoms with Crippen LogP contribution >= 0.6 is 11.6 Å². The van der Waals surface area contributed by atoms with E-state index in [1.165, 1.54) is 0 Å². The van der Waals surface area contributed by atoms with Crippen molar-refractivity contribution in [2.75, 3.05) is 11.1 Å². The van der Waals surface area contributed by atoms with Gasteiger partial charge in [0.05, 0.1) is 23.0 Å². The van der Waals surface area contributed by atoms with Crippen LogP contribution in [0, 0.1) is 0 Å². The van der Waals surface area contributed by atoms with Crippen LogP contribution in [0.25, 0.3) is 0 Å². The van der Waals surface area contributed by atoms with Crippen LogP contribution in [0.5, 0.6) is 0 Å². The van der Waals surface area contributed by atoms with Crippen LogP contribution in [0.2, 0.25) is 5.02 Å². The zero-order valence-electron chi connectivity index (χ0n) is 11.1. The number of nitrogen functional groups attached to an aromatic ring is 1. The highest BCUT2D eigenvalue weighted by molar-refractivity contribution is 6.31. The number of primary amides is 1. The standard InChI is InChI=1S/C15H16ClN3O/c1-9(10-5-2-3-7-12(10)16)19-14-11(15(18)20)6-4-8-13(14)17/h2-9,19H,17H2,1H3,(H2,18,20). The molecule has 0 saturated carbocycles. The van der Waals surface area contributed by atoms with Crippen molar-refractivity contribution in [3.05, 3.63) is 58.6 Å². The Balaban J connectivity index is 2.35. The third-order valence-electron chi connectivity index (χ3n) is 3.09. The molecule has 104 valence electrons. The minimum Gasteiger partial charge on any atom is -0.397 e. The van der Waals surface area contributed by atoms with E-state index in [4.69, 9.17) is 23.1 Å². The van der Waals surface area contributed by atoms with E-state index in [0.717, 1.165) is 5.56 Å². The van der Waals surface area contributed by atoms with Gasteiger partial charge in [-0.3, -0.25) is 4.79 Å². The van der Waals surface area contributed by atoms with Crippen molar-refractivity contribution in [3.8, 4) is 0 Å². The fourth-order valence-corrected chi connectivity index (χ4v) is 2.36. The number of benzene rings is 2. The molecule has 2 rings (SSSR count). The van der Waals surface area contributed by atoms with Crippen LogP contribution in [0.4, 0.5) is 11.4 Å². The number of halogens is 1. The molecule has 0 bridgehead atoms. The second-order valence-electron chi connectivity index (χ2n) is 4.52. The van der Waals surface area contributed by atoms with Crippen LogP contribution in [0.3, 0.4) is 0 Å². The molecule has 4 nitrogen and oxygen atoms in total. The Kier molecular flexibility index (Phi) is 4.15. The van der Waals surface area contributed by atoms with Gasteiger partial charge >= 0.3 is 0 Å². The fourth-order valence-electron chi connectivity index (χ4n) is 2.06. The number of para-hydroxylation sites is 1. The molecule has 0 spiro atoms. The summed E-state index contributed by atoms with van der Waals surface area (Å²) in [7, 11) is 0. The maximum Gasteiger partial charge on any atom is 0.250 e. The summed E-state index contributed by atoms with van der Waals surface area (Å²) in [4.78, 5) is 11.5. The fraction of sp³-hybridized carbons (Fsp3) is 0.133. The molecule has 20 heavy (non-hydrogen) atoms. The summed E-state index contributed by atoms with van der Waals surface area (Å²) in [6.07, 6.45) is 0. The van der Waals surface area contributed by atoms with Crippen LogP contribution in [0.15, 0.2) is 42.5 Å². The van der Waals surface area contributed by atoms with E-state index in [1.807, 2.05) is 31.2 Å². The first-order valence-electron chi connectivity index (χ1n) is 6.20. The van der Waals surface area contributed by atoms with Crippen LogP contribution < -0.4 is 16.8 Å². The number of anilines is 2. The van der Waals surface area contributed by atoms with Crippen LogP contribution in [0.1, 0.15) is 28.9 Å².